The van der Waals surface area contributed by atoms with Gasteiger partial charge in [0.2, 0.25) is 0 Å². The van der Waals surface area contributed by atoms with Gasteiger partial charge >= 0.3 is 0 Å². The second-order valence-corrected chi connectivity index (χ2v) is 9.78. The van der Waals surface area contributed by atoms with Crippen molar-refractivity contribution in [3.05, 3.63) is 112 Å². The van der Waals surface area contributed by atoms with Crippen molar-refractivity contribution in [2.24, 2.45) is 0 Å². The van der Waals surface area contributed by atoms with E-state index in [1.165, 1.54) is 39.3 Å². The van der Waals surface area contributed by atoms with Crippen molar-refractivity contribution in [1.29, 1.82) is 0 Å². The number of pyridine rings is 1. The maximum atomic E-state index is 5.93. The number of aromatic nitrogens is 2. The number of nitrogens with zero attached hydrogens (tertiary/aromatic N) is 3. The molecule has 5 heteroatoms. The Bertz CT molecular complexity index is 1370. The summed E-state index contributed by atoms with van der Waals surface area (Å²) in [6.45, 7) is 11.0. The summed E-state index contributed by atoms with van der Waals surface area (Å²) in [6.07, 6.45) is 2.87. The Morgan fingerprint density at radius 2 is 1.71 bits per heavy atom. The quantitative estimate of drug-likeness (QED) is 0.317. The normalized spacial score (nSPS) is 17.6. The predicted molar refractivity (Wildman–Crippen MR) is 148 cm³/mol. The molecule has 1 fully saturated rings. The fourth-order valence-electron chi connectivity index (χ4n) is 5.28. The molecule has 1 saturated heterocycles. The standard InChI is InChI=1S/C30H32N4S/c1-6-23-13-15-24(16-14-23)34-29(28(32-30(34)35)26-11-7-8-17-31-26)25-18-20(3)33(22(25)5)27-12-9-10-19(2)21(27)4/h7-18,28-29H,6H2,1-5H3,(H,32,35)/t28-,29-/m0/s1. The van der Waals surface area contributed by atoms with E-state index in [1.807, 2.05) is 18.3 Å². The highest BCUT2D eigenvalue weighted by Crippen LogP contribution is 2.44. The van der Waals surface area contributed by atoms with Crippen molar-refractivity contribution < 1.29 is 0 Å². The largest absolute Gasteiger partial charge is 0.351 e. The summed E-state index contributed by atoms with van der Waals surface area (Å²) in [5.74, 6) is 0. The molecule has 178 valence electrons. The number of hydrogen-bond acceptors (Lipinski definition) is 2. The van der Waals surface area contributed by atoms with Crippen LogP contribution in [-0.2, 0) is 6.42 Å². The minimum absolute atomic E-state index is 0.0186. The molecule has 3 heterocycles. The molecule has 35 heavy (non-hydrogen) atoms. The third-order valence-electron chi connectivity index (χ3n) is 7.33. The molecule has 2 aromatic heterocycles. The second-order valence-electron chi connectivity index (χ2n) is 9.40. The predicted octanol–water partition coefficient (Wildman–Crippen LogP) is 6.85. The van der Waals surface area contributed by atoms with Crippen molar-refractivity contribution >= 4 is 23.0 Å². The molecule has 4 nitrogen and oxygen atoms in total. The van der Waals surface area contributed by atoms with Gasteiger partial charge in [0.15, 0.2) is 5.11 Å². The van der Waals surface area contributed by atoms with E-state index in [4.69, 9.17) is 17.2 Å². The highest BCUT2D eigenvalue weighted by Gasteiger charge is 2.42. The van der Waals surface area contributed by atoms with E-state index in [0.29, 0.717) is 0 Å². The van der Waals surface area contributed by atoms with Gasteiger partial charge in [-0.15, -0.1) is 0 Å². The van der Waals surface area contributed by atoms with Gasteiger partial charge in [0, 0.05) is 29.0 Å². The molecular formula is C30H32N4S. The molecule has 0 saturated carbocycles. The van der Waals surface area contributed by atoms with Crippen LogP contribution in [0.4, 0.5) is 5.69 Å². The van der Waals surface area contributed by atoms with Gasteiger partial charge in [-0.05, 0) is 105 Å². The third-order valence-corrected chi connectivity index (χ3v) is 7.64. The summed E-state index contributed by atoms with van der Waals surface area (Å²) >= 11 is 5.93. The first kappa shape index (κ1) is 23.3. The van der Waals surface area contributed by atoms with E-state index in [1.54, 1.807) is 0 Å². The Morgan fingerprint density at radius 3 is 2.40 bits per heavy atom. The maximum Gasteiger partial charge on any atom is 0.174 e. The van der Waals surface area contributed by atoms with Crippen LogP contribution in [-0.4, -0.2) is 14.7 Å². The monoisotopic (exact) mass is 480 g/mol. The summed E-state index contributed by atoms with van der Waals surface area (Å²) in [7, 11) is 0. The van der Waals surface area contributed by atoms with Gasteiger partial charge in [-0.1, -0.05) is 37.3 Å². The molecule has 0 amide bonds. The van der Waals surface area contributed by atoms with Crippen molar-refractivity contribution in [3.63, 3.8) is 0 Å². The molecule has 1 N–H and O–H groups in total. The lowest BCUT2D eigenvalue weighted by atomic mass is 9.96. The van der Waals surface area contributed by atoms with Gasteiger partial charge in [-0.3, -0.25) is 4.98 Å². The maximum absolute atomic E-state index is 5.93. The zero-order valence-electron chi connectivity index (χ0n) is 21.0. The summed E-state index contributed by atoms with van der Waals surface area (Å²) in [5, 5.41) is 4.33. The van der Waals surface area contributed by atoms with Crippen LogP contribution >= 0.6 is 12.2 Å². The number of benzene rings is 2. The minimum atomic E-state index is -0.0536. The van der Waals surface area contributed by atoms with Crippen molar-refractivity contribution in [3.8, 4) is 5.69 Å². The molecule has 5 rings (SSSR count). The highest BCUT2D eigenvalue weighted by atomic mass is 32.1. The number of hydrogen-bond donors (Lipinski definition) is 1. The molecule has 1 aliphatic heterocycles. The fraction of sp³-hybridized carbons (Fsp3) is 0.267. The van der Waals surface area contributed by atoms with E-state index in [2.05, 4.69) is 104 Å². The number of rotatable bonds is 5. The zero-order valence-corrected chi connectivity index (χ0v) is 21.9. The van der Waals surface area contributed by atoms with Crippen LogP contribution in [0.15, 0.2) is 72.9 Å². The Morgan fingerprint density at radius 1 is 0.943 bits per heavy atom. The summed E-state index contributed by atoms with van der Waals surface area (Å²) in [5.41, 5.74) is 10.9. The average molecular weight is 481 g/mol. The third kappa shape index (κ3) is 4.04. The number of thiocarbonyl (C=S) groups is 1. The lowest BCUT2D eigenvalue weighted by molar-refractivity contribution is 0.565. The van der Waals surface area contributed by atoms with Crippen LogP contribution in [0.2, 0.25) is 0 Å². The summed E-state index contributed by atoms with van der Waals surface area (Å²) in [4.78, 5) is 6.98. The second kappa shape index (κ2) is 9.31. The first-order valence-electron chi connectivity index (χ1n) is 12.3. The molecule has 2 aromatic carbocycles. The minimum Gasteiger partial charge on any atom is -0.351 e. The lowest BCUT2D eigenvalue weighted by Crippen LogP contribution is -2.29. The van der Waals surface area contributed by atoms with E-state index in [9.17, 15) is 0 Å². The first-order chi connectivity index (χ1) is 16.9. The van der Waals surface area contributed by atoms with E-state index >= 15 is 0 Å². The topological polar surface area (TPSA) is 33.1 Å². The van der Waals surface area contributed by atoms with Crippen molar-refractivity contribution in [1.82, 2.24) is 14.9 Å². The van der Waals surface area contributed by atoms with Gasteiger partial charge in [0.25, 0.3) is 0 Å². The number of aryl methyl sites for hydroxylation is 3. The highest BCUT2D eigenvalue weighted by molar-refractivity contribution is 7.80. The van der Waals surface area contributed by atoms with Crippen LogP contribution in [0, 0.1) is 27.7 Å². The Labute approximate surface area is 213 Å². The molecule has 0 aliphatic carbocycles. The fourth-order valence-corrected chi connectivity index (χ4v) is 5.62. The van der Waals surface area contributed by atoms with E-state index in [0.717, 1.165) is 22.9 Å². The van der Waals surface area contributed by atoms with E-state index < -0.39 is 0 Å². The molecule has 0 unspecified atom stereocenters. The van der Waals surface area contributed by atoms with Crippen molar-refractivity contribution in [2.45, 2.75) is 53.1 Å². The van der Waals surface area contributed by atoms with Crippen LogP contribution < -0.4 is 10.2 Å². The van der Waals surface area contributed by atoms with Crippen LogP contribution in [0.1, 0.15) is 58.3 Å². The molecular weight excluding hydrogens is 448 g/mol. The van der Waals surface area contributed by atoms with Gasteiger partial charge in [0.05, 0.1) is 17.8 Å². The summed E-state index contributed by atoms with van der Waals surface area (Å²) in [6, 6.07) is 23.6. The van der Waals surface area contributed by atoms with Crippen LogP contribution in [0.3, 0.4) is 0 Å². The van der Waals surface area contributed by atoms with Gasteiger partial charge in [-0.2, -0.15) is 0 Å². The molecule has 2 atom stereocenters. The van der Waals surface area contributed by atoms with Crippen LogP contribution in [0.25, 0.3) is 5.69 Å². The van der Waals surface area contributed by atoms with Crippen LogP contribution in [0.5, 0.6) is 0 Å². The molecule has 1 aliphatic rings. The molecule has 0 spiro atoms. The Balaban J connectivity index is 1.68. The Kier molecular flexibility index (Phi) is 6.20. The SMILES string of the molecule is CCc1ccc(N2C(=S)N[C@@H](c3ccccn3)[C@@H]2c2cc(C)n(-c3cccc(C)c3C)c2C)cc1. The van der Waals surface area contributed by atoms with Crippen molar-refractivity contribution in [2.75, 3.05) is 4.90 Å². The summed E-state index contributed by atoms with van der Waals surface area (Å²) < 4.78 is 2.38. The Hall–Kier alpha value is -3.44. The average Bonchev–Trinajstić information content (AvgIpc) is 3.36. The lowest BCUT2D eigenvalue weighted by Gasteiger charge is -2.28. The molecule has 4 aromatic rings. The molecule has 0 bridgehead atoms. The molecule has 0 radical (unpaired) electrons. The van der Waals surface area contributed by atoms with Gasteiger partial charge < -0.3 is 14.8 Å². The zero-order chi connectivity index (χ0) is 24.7. The van der Waals surface area contributed by atoms with Gasteiger partial charge in [-0.25, -0.2) is 0 Å². The number of anilines is 1. The smallest absolute Gasteiger partial charge is 0.174 e. The number of nitrogens with one attached hydrogen (secondary N) is 1. The van der Waals surface area contributed by atoms with E-state index in [-0.39, 0.29) is 12.1 Å². The van der Waals surface area contributed by atoms with Gasteiger partial charge in [0.1, 0.15) is 0 Å². The first-order valence-corrected chi connectivity index (χ1v) is 12.7.